The predicted octanol–water partition coefficient (Wildman–Crippen LogP) is 0.729. The van der Waals surface area contributed by atoms with Crippen molar-refractivity contribution in [3.63, 3.8) is 0 Å². The summed E-state index contributed by atoms with van der Waals surface area (Å²) in [7, 11) is 0. The van der Waals surface area contributed by atoms with E-state index in [1.165, 1.54) is 5.56 Å². The molecule has 0 aliphatic carbocycles. The Balaban J connectivity index is 1.87. The molecule has 2 heterocycles. The normalized spacial score (nSPS) is 22.3. The molecule has 20 heavy (non-hydrogen) atoms. The zero-order chi connectivity index (χ0) is 14.4. The highest BCUT2D eigenvalue weighted by Crippen LogP contribution is 2.19. The Hall–Kier alpha value is -1.17. The molecule has 0 spiro atoms. The first-order chi connectivity index (χ1) is 9.69. The molecule has 2 unspecified atom stereocenters. The van der Waals surface area contributed by atoms with E-state index in [0.29, 0.717) is 11.7 Å². The third kappa shape index (κ3) is 4.44. The predicted molar refractivity (Wildman–Crippen MR) is 81.7 cm³/mol. The van der Waals surface area contributed by atoms with Crippen molar-refractivity contribution in [3.05, 3.63) is 23.4 Å². The molecule has 1 aromatic heterocycles. The van der Waals surface area contributed by atoms with Gasteiger partial charge in [0.1, 0.15) is 5.82 Å². The van der Waals surface area contributed by atoms with Crippen LogP contribution >= 0.6 is 0 Å². The third-order valence-corrected chi connectivity index (χ3v) is 3.65. The molecule has 1 aliphatic heterocycles. The molecule has 1 aromatic rings. The summed E-state index contributed by atoms with van der Waals surface area (Å²) >= 11 is 0. The van der Waals surface area contributed by atoms with Crippen molar-refractivity contribution in [2.24, 2.45) is 5.92 Å². The van der Waals surface area contributed by atoms with Crippen molar-refractivity contribution >= 4 is 5.82 Å². The van der Waals surface area contributed by atoms with E-state index < -0.39 is 0 Å². The van der Waals surface area contributed by atoms with E-state index in [2.05, 4.69) is 35.5 Å². The van der Waals surface area contributed by atoms with Gasteiger partial charge in [-0.05, 0) is 37.6 Å². The van der Waals surface area contributed by atoms with E-state index >= 15 is 0 Å². The van der Waals surface area contributed by atoms with Crippen LogP contribution in [0.15, 0.2) is 12.1 Å². The number of ether oxygens (including phenoxy) is 1. The molecule has 1 fully saturated rings. The van der Waals surface area contributed by atoms with Crippen LogP contribution in [0.4, 0.5) is 5.82 Å². The van der Waals surface area contributed by atoms with E-state index in [-0.39, 0.29) is 6.10 Å². The van der Waals surface area contributed by atoms with Gasteiger partial charge in [-0.25, -0.2) is 4.98 Å². The van der Waals surface area contributed by atoms with Crippen molar-refractivity contribution in [2.45, 2.75) is 26.4 Å². The van der Waals surface area contributed by atoms with Gasteiger partial charge < -0.3 is 21.1 Å². The number of aromatic nitrogens is 1. The van der Waals surface area contributed by atoms with E-state index in [4.69, 9.17) is 10.5 Å². The maximum absolute atomic E-state index is 5.97. The van der Waals surface area contributed by atoms with Crippen LogP contribution in [0.25, 0.3) is 0 Å². The van der Waals surface area contributed by atoms with Gasteiger partial charge in [-0.3, -0.25) is 0 Å². The van der Waals surface area contributed by atoms with Crippen LogP contribution in [0.2, 0.25) is 0 Å². The first kappa shape index (κ1) is 15.2. The van der Waals surface area contributed by atoms with E-state index in [0.717, 1.165) is 44.9 Å². The summed E-state index contributed by atoms with van der Waals surface area (Å²) in [6, 6.07) is 4.02. The van der Waals surface area contributed by atoms with Gasteiger partial charge in [0.2, 0.25) is 0 Å². The lowest BCUT2D eigenvalue weighted by atomic mass is 9.99. The minimum Gasteiger partial charge on any atom is -0.384 e. The van der Waals surface area contributed by atoms with Crippen molar-refractivity contribution in [1.82, 2.24) is 15.6 Å². The summed E-state index contributed by atoms with van der Waals surface area (Å²) in [6.07, 6.45) is 1.20. The molecule has 5 nitrogen and oxygen atoms in total. The zero-order valence-corrected chi connectivity index (χ0v) is 12.5. The second-order valence-corrected chi connectivity index (χ2v) is 5.45. The van der Waals surface area contributed by atoms with Gasteiger partial charge in [-0.15, -0.1) is 0 Å². The largest absolute Gasteiger partial charge is 0.384 e. The molecule has 2 rings (SSSR count). The van der Waals surface area contributed by atoms with Crippen LogP contribution < -0.4 is 16.4 Å². The summed E-state index contributed by atoms with van der Waals surface area (Å²) in [6.45, 7) is 8.74. The molecular weight excluding hydrogens is 252 g/mol. The number of pyridine rings is 1. The van der Waals surface area contributed by atoms with Gasteiger partial charge in [0, 0.05) is 31.2 Å². The highest BCUT2D eigenvalue weighted by molar-refractivity contribution is 5.34. The number of aryl methyl sites for hydroxylation is 1. The Bertz CT molecular complexity index is 404. The first-order valence-electron chi connectivity index (χ1n) is 7.45. The number of rotatable bonds is 7. The van der Waals surface area contributed by atoms with Crippen molar-refractivity contribution < 1.29 is 4.74 Å². The number of nitrogens with one attached hydrogen (secondary N) is 2. The van der Waals surface area contributed by atoms with E-state index in [1.54, 1.807) is 0 Å². The second-order valence-electron chi connectivity index (χ2n) is 5.45. The molecule has 112 valence electrons. The molecule has 0 radical (unpaired) electrons. The minimum atomic E-state index is 0.275. The molecule has 5 heteroatoms. The molecule has 1 saturated heterocycles. The van der Waals surface area contributed by atoms with Gasteiger partial charge in [-0.1, -0.05) is 6.92 Å². The Morgan fingerprint density at radius 2 is 2.30 bits per heavy atom. The average molecular weight is 278 g/mol. The van der Waals surface area contributed by atoms with Crippen molar-refractivity contribution in [2.75, 3.05) is 38.5 Å². The lowest BCUT2D eigenvalue weighted by Gasteiger charge is -2.19. The number of nitrogen functional groups attached to an aromatic ring is 1. The maximum Gasteiger partial charge on any atom is 0.123 e. The zero-order valence-electron chi connectivity index (χ0n) is 12.5. The number of nitrogens with zero attached hydrogens (tertiary/aromatic N) is 1. The number of hydrogen-bond acceptors (Lipinski definition) is 5. The molecule has 0 saturated carbocycles. The summed E-state index contributed by atoms with van der Waals surface area (Å²) in [4.78, 5) is 4.42. The van der Waals surface area contributed by atoms with Crippen LogP contribution in [0.1, 0.15) is 18.2 Å². The van der Waals surface area contributed by atoms with Gasteiger partial charge in [-0.2, -0.15) is 0 Å². The summed E-state index contributed by atoms with van der Waals surface area (Å²) < 4.78 is 5.97. The van der Waals surface area contributed by atoms with Gasteiger partial charge in [0.25, 0.3) is 0 Å². The quantitative estimate of drug-likeness (QED) is 0.641. The Labute approximate surface area is 121 Å². The van der Waals surface area contributed by atoms with Gasteiger partial charge in [0.05, 0.1) is 12.7 Å². The Kier molecular flexibility index (Phi) is 5.76. The smallest absolute Gasteiger partial charge is 0.123 e. The Morgan fingerprint density at radius 1 is 1.45 bits per heavy atom. The highest BCUT2D eigenvalue weighted by atomic mass is 16.5. The van der Waals surface area contributed by atoms with Crippen molar-refractivity contribution in [1.29, 1.82) is 0 Å². The number of anilines is 1. The fourth-order valence-corrected chi connectivity index (χ4v) is 2.71. The first-order valence-corrected chi connectivity index (χ1v) is 7.45. The third-order valence-electron chi connectivity index (χ3n) is 3.65. The van der Waals surface area contributed by atoms with Crippen LogP contribution in [0, 0.1) is 12.8 Å². The van der Waals surface area contributed by atoms with Crippen LogP contribution in [0.5, 0.6) is 0 Å². The number of hydrogen-bond donors (Lipinski definition) is 3. The second kappa shape index (κ2) is 7.57. The summed E-state index contributed by atoms with van der Waals surface area (Å²) in [5.74, 6) is 1.08. The fraction of sp³-hybridized carbons (Fsp3) is 0.667. The minimum absolute atomic E-state index is 0.275. The molecular formula is C15H26N4O. The summed E-state index contributed by atoms with van der Waals surface area (Å²) in [5, 5.41) is 6.69. The maximum atomic E-state index is 5.97. The highest BCUT2D eigenvalue weighted by Gasteiger charge is 2.28. The monoisotopic (exact) mass is 278 g/mol. The molecule has 0 aromatic carbocycles. The molecule has 1 aliphatic rings. The lowest BCUT2D eigenvalue weighted by Crippen LogP contribution is -2.28. The van der Waals surface area contributed by atoms with Crippen molar-refractivity contribution in [3.8, 4) is 0 Å². The molecule has 2 atom stereocenters. The van der Waals surface area contributed by atoms with Crippen LogP contribution in [-0.2, 0) is 11.2 Å². The van der Waals surface area contributed by atoms with Crippen LogP contribution in [-0.4, -0.2) is 43.9 Å². The molecule has 0 bridgehead atoms. The molecule has 4 N–H and O–H groups in total. The van der Waals surface area contributed by atoms with E-state index in [1.807, 2.05) is 6.07 Å². The van der Waals surface area contributed by atoms with Gasteiger partial charge in [0.15, 0.2) is 0 Å². The average Bonchev–Trinajstić information content (AvgIpc) is 2.81. The van der Waals surface area contributed by atoms with E-state index in [9.17, 15) is 0 Å². The van der Waals surface area contributed by atoms with Gasteiger partial charge >= 0.3 is 0 Å². The number of likely N-dealkylation sites (N-methyl/N-ethyl adjacent to an activating group) is 1. The SMILES string of the molecule is CCNCCOC1CNCC1Cc1cc(C)cc(N)n1. The standard InChI is InChI=1S/C15H26N4O/c1-3-17-4-5-20-14-10-18-9-12(14)8-13-6-11(2)7-15(16)19-13/h6-7,12,14,17-18H,3-5,8-10H2,1-2H3,(H2,16,19). The number of nitrogens with two attached hydrogens (primary N) is 1. The lowest BCUT2D eigenvalue weighted by molar-refractivity contribution is 0.0398. The molecule has 0 amide bonds. The Morgan fingerprint density at radius 3 is 3.05 bits per heavy atom. The fourth-order valence-electron chi connectivity index (χ4n) is 2.71. The topological polar surface area (TPSA) is 72.2 Å². The van der Waals surface area contributed by atoms with Crippen LogP contribution in [0.3, 0.4) is 0 Å². The summed E-state index contributed by atoms with van der Waals surface area (Å²) in [5.41, 5.74) is 8.05.